The van der Waals surface area contributed by atoms with Gasteiger partial charge in [0.15, 0.2) is 5.11 Å². The molecule has 38 heavy (non-hydrogen) atoms. The Kier molecular flexibility index (Phi) is 7.36. The third kappa shape index (κ3) is 4.86. The second-order valence-corrected chi connectivity index (χ2v) is 10.8. The molecule has 3 heterocycles. The number of rotatable bonds is 6. The van der Waals surface area contributed by atoms with E-state index in [2.05, 4.69) is 86.3 Å². The van der Waals surface area contributed by atoms with Gasteiger partial charge in [0.2, 0.25) is 5.91 Å². The fourth-order valence-corrected chi connectivity index (χ4v) is 5.81. The van der Waals surface area contributed by atoms with E-state index in [-0.39, 0.29) is 18.0 Å². The maximum atomic E-state index is 12.0. The van der Waals surface area contributed by atoms with Gasteiger partial charge in [0.05, 0.1) is 17.8 Å². The summed E-state index contributed by atoms with van der Waals surface area (Å²) in [6.07, 6.45) is 2.25. The molecule has 0 aliphatic carbocycles. The highest BCUT2D eigenvalue weighted by Gasteiger charge is 2.42. The Hall–Kier alpha value is -3.49. The number of amides is 1. The van der Waals surface area contributed by atoms with Crippen molar-refractivity contribution in [2.75, 3.05) is 10.2 Å². The standard InChI is InChI=1S/C30H30BrN5OS/c1-5-27(37)33-25-14-13-23(16-18(25)2)36-29(28(34-30(36)38)26-8-6-7-15-32-26)24-17-19(3)35(20(24)4)22-11-9-21(31)10-12-22/h6-17,28-29H,5H2,1-4H3,(H,33,37)(H,34,38). The highest BCUT2D eigenvalue weighted by Crippen LogP contribution is 2.44. The summed E-state index contributed by atoms with van der Waals surface area (Å²) in [6.45, 7) is 8.15. The molecule has 0 saturated carbocycles. The zero-order valence-corrected chi connectivity index (χ0v) is 24.2. The number of aryl methyl sites for hydroxylation is 2. The number of halogens is 1. The van der Waals surface area contributed by atoms with Crippen molar-refractivity contribution < 1.29 is 4.79 Å². The monoisotopic (exact) mass is 587 g/mol. The number of pyridine rings is 1. The molecular weight excluding hydrogens is 558 g/mol. The van der Waals surface area contributed by atoms with E-state index in [9.17, 15) is 4.79 Å². The zero-order chi connectivity index (χ0) is 27.0. The molecule has 2 atom stereocenters. The van der Waals surface area contributed by atoms with Crippen molar-refractivity contribution >= 4 is 50.5 Å². The summed E-state index contributed by atoms with van der Waals surface area (Å²) in [4.78, 5) is 18.9. The summed E-state index contributed by atoms with van der Waals surface area (Å²) in [5.41, 5.74) is 8.26. The summed E-state index contributed by atoms with van der Waals surface area (Å²) in [5.74, 6) is -0.00677. The topological polar surface area (TPSA) is 62.2 Å². The largest absolute Gasteiger partial charge is 0.351 e. The number of carbonyl (C=O) groups excluding carboxylic acids is 1. The van der Waals surface area contributed by atoms with Crippen molar-refractivity contribution in [1.29, 1.82) is 0 Å². The van der Waals surface area contributed by atoms with E-state index in [0.29, 0.717) is 11.5 Å². The second-order valence-electron chi connectivity index (χ2n) is 9.54. The molecule has 1 fully saturated rings. The van der Waals surface area contributed by atoms with Gasteiger partial charge in [-0.2, -0.15) is 0 Å². The number of hydrogen-bond acceptors (Lipinski definition) is 3. The Balaban J connectivity index is 1.63. The van der Waals surface area contributed by atoms with Crippen LogP contribution in [0.5, 0.6) is 0 Å². The average Bonchev–Trinajstić information content (AvgIpc) is 3.41. The molecule has 0 bridgehead atoms. The van der Waals surface area contributed by atoms with Gasteiger partial charge >= 0.3 is 0 Å². The van der Waals surface area contributed by atoms with Crippen molar-refractivity contribution in [3.8, 4) is 5.69 Å². The van der Waals surface area contributed by atoms with Crippen LogP contribution >= 0.6 is 28.1 Å². The fourth-order valence-electron chi connectivity index (χ4n) is 5.20. The van der Waals surface area contributed by atoms with E-state index in [1.165, 1.54) is 5.56 Å². The number of nitrogens with zero attached hydrogens (tertiary/aromatic N) is 3. The van der Waals surface area contributed by atoms with Gasteiger partial charge in [-0.05, 0) is 105 Å². The molecule has 1 aliphatic rings. The minimum atomic E-state index is -0.137. The smallest absolute Gasteiger partial charge is 0.224 e. The summed E-state index contributed by atoms with van der Waals surface area (Å²) >= 11 is 9.48. The minimum absolute atomic E-state index is 0.00677. The molecule has 2 unspecified atom stereocenters. The lowest BCUT2D eigenvalue weighted by Gasteiger charge is -2.29. The van der Waals surface area contributed by atoms with Gasteiger partial charge in [0.1, 0.15) is 0 Å². The lowest BCUT2D eigenvalue weighted by atomic mass is 9.96. The molecule has 1 saturated heterocycles. The molecule has 194 valence electrons. The van der Waals surface area contributed by atoms with Crippen LogP contribution in [0.1, 0.15) is 53.6 Å². The maximum absolute atomic E-state index is 12.0. The molecule has 2 N–H and O–H groups in total. The van der Waals surface area contributed by atoms with Gasteiger partial charge in [0.25, 0.3) is 0 Å². The van der Waals surface area contributed by atoms with Crippen LogP contribution in [0.15, 0.2) is 77.4 Å². The highest BCUT2D eigenvalue weighted by molar-refractivity contribution is 9.10. The van der Waals surface area contributed by atoms with Crippen LogP contribution in [-0.4, -0.2) is 20.6 Å². The van der Waals surface area contributed by atoms with E-state index in [1.807, 2.05) is 50.4 Å². The summed E-state index contributed by atoms with van der Waals surface area (Å²) in [5, 5.41) is 7.18. The molecular formula is C30H30BrN5OS. The van der Waals surface area contributed by atoms with Crippen molar-refractivity contribution in [2.45, 2.75) is 46.2 Å². The van der Waals surface area contributed by atoms with Crippen LogP contribution in [0.25, 0.3) is 5.69 Å². The van der Waals surface area contributed by atoms with Crippen LogP contribution < -0.4 is 15.5 Å². The predicted molar refractivity (Wildman–Crippen MR) is 161 cm³/mol. The summed E-state index contributed by atoms with van der Waals surface area (Å²) in [7, 11) is 0. The first-order valence-corrected chi connectivity index (χ1v) is 13.8. The van der Waals surface area contributed by atoms with E-state index < -0.39 is 0 Å². The molecule has 2 aromatic heterocycles. The lowest BCUT2D eigenvalue weighted by molar-refractivity contribution is -0.115. The van der Waals surface area contributed by atoms with Crippen LogP contribution in [0.3, 0.4) is 0 Å². The SMILES string of the molecule is CCC(=O)Nc1ccc(N2C(=S)NC(c3ccccn3)C2c2cc(C)n(-c3ccc(Br)cc3)c2C)cc1C. The second kappa shape index (κ2) is 10.7. The van der Waals surface area contributed by atoms with E-state index in [0.717, 1.165) is 44.2 Å². The average molecular weight is 589 g/mol. The van der Waals surface area contributed by atoms with E-state index in [1.54, 1.807) is 0 Å². The molecule has 1 aliphatic heterocycles. The van der Waals surface area contributed by atoms with Gasteiger partial charge in [-0.25, -0.2) is 0 Å². The van der Waals surface area contributed by atoms with Crippen molar-refractivity contribution in [3.05, 3.63) is 106 Å². The zero-order valence-electron chi connectivity index (χ0n) is 21.8. The maximum Gasteiger partial charge on any atom is 0.224 e. The fraction of sp³-hybridized carbons (Fsp3) is 0.233. The minimum Gasteiger partial charge on any atom is -0.351 e. The van der Waals surface area contributed by atoms with Gasteiger partial charge in [-0.15, -0.1) is 0 Å². The normalized spacial score (nSPS) is 17.0. The molecule has 0 spiro atoms. The van der Waals surface area contributed by atoms with Gasteiger partial charge in [0, 0.05) is 45.5 Å². The van der Waals surface area contributed by atoms with Crippen LogP contribution in [0.4, 0.5) is 11.4 Å². The molecule has 5 rings (SSSR count). The highest BCUT2D eigenvalue weighted by atomic mass is 79.9. The number of carbonyl (C=O) groups is 1. The summed E-state index contributed by atoms with van der Waals surface area (Å²) < 4.78 is 3.33. The summed E-state index contributed by atoms with van der Waals surface area (Å²) in [6, 6.07) is 22.4. The molecule has 6 nitrogen and oxygen atoms in total. The van der Waals surface area contributed by atoms with Gasteiger partial charge in [-0.1, -0.05) is 28.9 Å². The molecule has 1 amide bonds. The Labute approximate surface area is 237 Å². The Bertz CT molecular complexity index is 1500. The number of thiocarbonyl (C=S) groups is 1. The van der Waals surface area contributed by atoms with Gasteiger partial charge < -0.3 is 20.1 Å². The van der Waals surface area contributed by atoms with Gasteiger partial charge in [-0.3, -0.25) is 9.78 Å². The molecule has 0 radical (unpaired) electrons. The van der Waals surface area contributed by atoms with Crippen LogP contribution in [0, 0.1) is 20.8 Å². The third-order valence-corrected chi connectivity index (χ3v) is 7.90. The predicted octanol–water partition coefficient (Wildman–Crippen LogP) is 7.09. The van der Waals surface area contributed by atoms with Crippen molar-refractivity contribution in [1.82, 2.24) is 14.9 Å². The third-order valence-electron chi connectivity index (χ3n) is 7.06. The lowest BCUT2D eigenvalue weighted by Crippen LogP contribution is -2.29. The number of benzene rings is 2. The van der Waals surface area contributed by atoms with Crippen molar-refractivity contribution in [2.24, 2.45) is 0 Å². The first-order chi connectivity index (χ1) is 18.3. The van der Waals surface area contributed by atoms with Crippen LogP contribution in [0.2, 0.25) is 0 Å². The van der Waals surface area contributed by atoms with E-state index >= 15 is 0 Å². The number of nitrogens with one attached hydrogen (secondary N) is 2. The Morgan fingerprint density at radius 1 is 1.05 bits per heavy atom. The Morgan fingerprint density at radius 2 is 1.79 bits per heavy atom. The first kappa shape index (κ1) is 26.1. The van der Waals surface area contributed by atoms with Crippen LogP contribution in [-0.2, 0) is 4.79 Å². The number of anilines is 2. The Morgan fingerprint density at radius 3 is 2.45 bits per heavy atom. The number of hydrogen-bond donors (Lipinski definition) is 2. The quantitative estimate of drug-likeness (QED) is 0.236. The van der Waals surface area contributed by atoms with Crippen molar-refractivity contribution in [3.63, 3.8) is 0 Å². The number of aromatic nitrogens is 2. The molecule has 4 aromatic rings. The first-order valence-electron chi connectivity index (χ1n) is 12.6. The molecule has 2 aromatic carbocycles. The van der Waals surface area contributed by atoms with E-state index in [4.69, 9.17) is 17.2 Å². The molecule has 8 heteroatoms.